The van der Waals surface area contributed by atoms with Gasteiger partial charge in [-0.1, -0.05) is 22.3 Å². The standard InChI is InChI=1S/C14H20N4O5/c1-9(2)4-3-5-10(8-16-18-15)6-12(19)17-11(14(22)23)7-13(20)21/h4,6,11H,3,5,7-8H2,1-2H3,(H,17,19)(H,20,21)(H,22,23)/b10-6-. The highest BCUT2D eigenvalue weighted by molar-refractivity contribution is 5.93. The van der Waals surface area contributed by atoms with Crippen molar-refractivity contribution < 1.29 is 24.6 Å². The van der Waals surface area contributed by atoms with Crippen molar-refractivity contribution in [2.75, 3.05) is 6.54 Å². The lowest BCUT2D eigenvalue weighted by molar-refractivity contribution is -0.146. The van der Waals surface area contributed by atoms with E-state index in [1.165, 1.54) is 0 Å². The monoisotopic (exact) mass is 324 g/mol. The van der Waals surface area contributed by atoms with Gasteiger partial charge in [0, 0.05) is 17.5 Å². The average molecular weight is 324 g/mol. The van der Waals surface area contributed by atoms with Gasteiger partial charge < -0.3 is 15.5 Å². The zero-order valence-corrected chi connectivity index (χ0v) is 13.0. The van der Waals surface area contributed by atoms with Crippen molar-refractivity contribution in [3.05, 3.63) is 33.7 Å². The second-order valence-electron chi connectivity index (χ2n) is 5.01. The highest BCUT2D eigenvalue weighted by Crippen LogP contribution is 2.08. The highest BCUT2D eigenvalue weighted by atomic mass is 16.4. The first kappa shape index (κ1) is 20.2. The molecule has 0 aromatic rings. The molecular formula is C14H20N4O5. The first-order valence-corrected chi connectivity index (χ1v) is 6.85. The first-order chi connectivity index (χ1) is 10.8. The molecule has 0 saturated carbocycles. The molecule has 1 amide bonds. The van der Waals surface area contributed by atoms with E-state index in [2.05, 4.69) is 15.3 Å². The maximum absolute atomic E-state index is 11.8. The van der Waals surface area contributed by atoms with Gasteiger partial charge in [0.25, 0.3) is 0 Å². The summed E-state index contributed by atoms with van der Waals surface area (Å²) in [6, 6.07) is -1.52. The molecule has 0 aliphatic rings. The third-order valence-electron chi connectivity index (χ3n) is 2.68. The van der Waals surface area contributed by atoms with Gasteiger partial charge in [-0.15, -0.1) is 0 Å². The minimum atomic E-state index is -1.52. The number of carboxylic acid groups (broad SMARTS) is 2. The molecule has 0 aliphatic carbocycles. The predicted molar refractivity (Wildman–Crippen MR) is 82.6 cm³/mol. The van der Waals surface area contributed by atoms with Gasteiger partial charge in [0.15, 0.2) is 0 Å². The van der Waals surface area contributed by atoms with Crippen molar-refractivity contribution in [3.8, 4) is 0 Å². The molecule has 1 unspecified atom stereocenters. The Morgan fingerprint density at radius 2 is 1.96 bits per heavy atom. The van der Waals surface area contributed by atoms with Gasteiger partial charge in [0.2, 0.25) is 5.91 Å². The van der Waals surface area contributed by atoms with E-state index >= 15 is 0 Å². The van der Waals surface area contributed by atoms with Crippen LogP contribution in [0.1, 0.15) is 33.1 Å². The molecule has 0 radical (unpaired) electrons. The number of amides is 1. The van der Waals surface area contributed by atoms with Gasteiger partial charge >= 0.3 is 11.9 Å². The Hall–Kier alpha value is -2.80. The molecule has 0 heterocycles. The lowest BCUT2D eigenvalue weighted by Crippen LogP contribution is -2.41. The fraction of sp³-hybridized carbons (Fsp3) is 0.500. The molecule has 9 nitrogen and oxygen atoms in total. The summed E-state index contributed by atoms with van der Waals surface area (Å²) in [5.74, 6) is -3.51. The lowest BCUT2D eigenvalue weighted by Gasteiger charge is -2.11. The lowest BCUT2D eigenvalue weighted by atomic mass is 10.1. The molecule has 1 atom stereocenters. The number of rotatable bonds is 10. The largest absolute Gasteiger partial charge is 0.481 e. The van der Waals surface area contributed by atoms with E-state index in [-0.39, 0.29) is 6.54 Å². The van der Waals surface area contributed by atoms with Crippen LogP contribution in [0.5, 0.6) is 0 Å². The smallest absolute Gasteiger partial charge is 0.326 e. The van der Waals surface area contributed by atoms with Crippen molar-refractivity contribution in [1.82, 2.24) is 5.32 Å². The molecule has 0 bridgehead atoms. The van der Waals surface area contributed by atoms with Crippen LogP contribution in [0.3, 0.4) is 0 Å². The van der Waals surface area contributed by atoms with Crippen LogP contribution in [0.15, 0.2) is 28.4 Å². The van der Waals surface area contributed by atoms with Crippen molar-refractivity contribution in [2.45, 2.75) is 39.2 Å². The van der Waals surface area contributed by atoms with Gasteiger partial charge in [0.1, 0.15) is 6.04 Å². The average Bonchev–Trinajstić information content (AvgIpc) is 2.42. The summed E-state index contributed by atoms with van der Waals surface area (Å²) in [5.41, 5.74) is 9.98. The van der Waals surface area contributed by atoms with Crippen LogP contribution < -0.4 is 5.32 Å². The van der Waals surface area contributed by atoms with Crippen molar-refractivity contribution in [2.24, 2.45) is 5.11 Å². The SMILES string of the molecule is CC(C)=CCC/C(=C/C(=O)NC(CC(=O)O)C(=O)O)CN=[N+]=[N-]. The maximum atomic E-state index is 11.8. The number of nitrogens with one attached hydrogen (secondary N) is 1. The Labute approximate surface area is 133 Å². The van der Waals surface area contributed by atoms with E-state index < -0.39 is 30.3 Å². The molecule has 23 heavy (non-hydrogen) atoms. The van der Waals surface area contributed by atoms with Gasteiger partial charge in [-0.2, -0.15) is 0 Å². The van der Waals surface area contributed by atoms with Crippen LogP contribution in [-0.2, 0) is 14.4 Å². The second kappa shape index (κ2) is 10.9. The predicted octanol–water partition coefficient (Wildman–Crippen LogP) is 2.01. The maximum Gasteiger partial charge on any atom is 0.326 e. The Morgan fingerprint density at radius 1 is 1.30 bits per heavy atom. The Morgan fingerprint density at radius 3 is 2.43 bits per heavy atom. The summed E-state index contributed by atoms with van der Waals surface area (Å²) < 4.78 is 0. The topological polar surface area (TPSA) is 152 Å². The Kier molecular flexibility index (Phi) is 9.54. The second-order valence-corrected chi connectivity index (χ2v) is 5.01. The number of carbonyl (C=O) groups excluding carboxylic acids is 1. The molecule has 0 saturated heterocycles. The number of aliphatic carboxylic acids is 2. The van der Waals surface area contributed by atoms with Gasteiger partial charge in [0.05, 0.1) is 6.42 Å². The number of hydrogen-bond donors (Lipinski definition) is 3. The number of hydrogen-bond acceptors (Lipinski definition) is 4. The molecular weight excluding hydrogens is 304 g/mol. The number of carboxylic acids is 2. The fourth-order valence-corrected chi connectivity index (χ4v) is 1.64. The van der Waals surface area contributed by atoms with E-state index in [0.717, 1.165) is 11.6 Å². The molecule has 0 rings (SSSR count). The minimum Gasteiger partial charge on any atom is -0.481 e. The highest BCUT2D eigenvalue weighted by Gasteiger charge is 2.22. The van der Waals surface area contributed by atoms with E-state index in [9.17, 15) is 14.4 Å². The fourth-order valence-electron chi connectivity index (χ4n) is 1.64. The van der Waals surface area contributed by atoms with Crippen molar-refractivity contribution >= 4 is 17.8 Å². The van der Waals surface area contributed by atoms with E-state index in [0.29, 0.717) is 18.4 Å². The van der Waals surface area contributed by atoms with Crippen LogP contribution in [-0.4, -0.2) is 40.6 Å². The quantitative estimate of drug-likeness (QED) is 0.184. The summed E-state index contributed by atoms with van der Waals surface area (Å²) in [6.07, 6.45) is 3.48. The third kappa shape index (κ3) is 10.6. The Balaban J connectivity index is 4.94. The molecule has 0 aliphatic heterocycles. The van der Waals surface area contributed by atoms with Crippen molar-refractivity contribution in [3.63, 3.8) is 0 Å². The van der Waals surface area contributed by atoms with Crippen molar-refractivity contribution in [1.29, 1.82) is 0 Å². The van der Waals surface area contributed by atoms with E-state index in [4.69, 9.17) is 15.7 Å². The third-order valence-corrected chi connectivity index (χ3v) is 2.68. The van der Waals surface area contributed by atoms with Crippen LogP contribution in [0.25, 0.3) is 10.4 Å². The molecule has 0 fully saturated rings. The Bertz CT molecular complexity index is 558. The summed E-state index contributed by atoms with van der Waals surface area (Å²) in [6.45, 7) is 3.83. The van der Waals surface area contributed by atoms with Crippen LogP contribution in [0, 0.1) is 0 Å². The van der Waals surface area contributed by atoms with E-state index in [1.807, 2.05) is 19.9 Å². The number of nitrogens with zero attached hydrogens (tertiary/aromatic N) is 3. The number of allylic oxidation sites excluding steroid dienone is 2. The first-order valence-electron chi connectivity index (χ1n) is 6.85. The summed E-state index contributed by atoms with van der Waals surface area (Å²) in [7, 11) is 0. The zero-order valence-electron chi connectivity index (χ0n) is 13.0. The number of carbonyl (C=O) groups is 3. The van der Waals surface area contributed by atoms with Crippen LogP contribution in [0.2, 0.25) is 0 Å². The molecule has 3 N–H and O–H groups in total. The number of azide groups is 1. The zero-order chi connectivity index (χ0) is 17.8. The van der Waals surface area contributed by atoms with Gasteiger partial charge in [-0.3, -0.25) is 9.59 Å². The van der Waals surface area contributed by atoms with Crippen LogP contribution >= 0.6 is 0 Å². The van der Waals surface area contributed by atoms with Gasteiger partial charge in [-0.05, 0) is 32.2 Å². The normalized spacial score (nSPS) is 11.8. The summed E-state index contributed by atoms with van der Waals surface area (Å²) >= 11 is 0. The molecule has 0 aromatic carbocycles. The molecule has 9 heteroatoms. The summed E-state index contributed by atoms with van der Waals surface area (Å²) in [4.78, 5) is 35.9. The molecule has 126 valence electrons. The van der Waals surface area contributed by atoms with E-state index in [1.54, 1.807) is 0 Å². The van der Waals surface area contributed by atoms with Crippen LogP contribution in [0.4, 0.5) is 0 Å². The van der Waals surface area contributed by atoms with Gasteiger partial charge in [-0.25, -0.2) is 4.79 Å². The molecule has 0 aromatic heterocycles. The molecule has 0 spiro atoms. The summed E-state index contributed by atoms with van der Waals surface area (Å²) in [5, 5.41) is 23.0. The minimum absolute atomic E-state index is 0.0167.